The Labute approximate surface area is 185 Å². The number of nitrogens with one attached hydrogen (secondary N) is 1. The average Bonchev–Trinajstić information content (AvgIpc) is 2.73. The summed E-state index contributed by atoms with van der Waals surface area (Å²) < 4.78 is 88.1. The van der Waals surface area contributed by atoms with Crippen LogP contribution in [0.3, 0.4) is 0 Å². The predicted molar refractivity (Wildman–Crippen MR) is 110 cm³/mol. The topological polar surface area (TPSA) is 46.1 Å². The molecule has 0 amide bonds. The SMILES string of the molecule is C=C1N=C(Nc2cc(OCC(F)(F)F)ccc2C)N(Cc2cc(F)c(F)c(F)c2)C=C1OC. The minimum Gasteiger partial charge on any atom is -0.493 e. The van der Waals surface area contributed by atoms with Crippen molar-refractivity contribution in [3.63, 3.8) is 0 Å². The molecule has 5 nitrogen and oxygen atoms in total. The molecule has 1 aliphatic heterocycles. The molecule has 0 saturated carbocycles. The molecule has 1 heterocycles. The highest BCUT2D eigenvalue weighted by Crippen LogP contribution is 2.27. The van der Waals surface area contributed by atoms with Gasteiger partial charge in [-0.3, -0.25) is 0 Å². The number of aliphatic imine (C=N–C) groups is 1. The molecule has 0 bridgehead atoms. The molecule has 0 radical (unpaired) electrons. The van der Waals surface area contributed by atoms with Crippen LogP contribution in [0.1, 0.15) is 11.1 Å². The van der Waals surface area contributed by atoms with Crippen molar-refractivity contribution >= 4 is 11.6 Å². The first kappa shape index (κ1) is 24.0. The number of anilines is 1. The van der Waals surface area contributed by atoms with E-state index in [9.17, 15) is 26.3 Å². The van der Waals surface area contributed by atoms with Crippen molar-refractivity contribution in [2.75, 3.05) is 19.0 Å². The fourth-order valence-electron chi connectivity index (χ4n) is 2.92. The second kappa shape index (κ2) is 9.47. The monoisotopic (exact) mass is 471 g/mol. The summed E-state index contributed by atoms with van der Waals surface area (Å²) in [5.74, 6) is -3.90. The van der Waals surface area contributed by atoms with E-state index < -0.39 is 30.2 Å². The van der Waals surface area contributed by atoms with Crippen LogP contribution in [0.4, 0.5) is 32.0 Å². The molecule has 3 rings (SSSR count). The summed E-state index contributed by atoms with van der Waals surface area (Å²) in [5, 5.41) is 2.96. The van der Waals surface area contributed by atoms with Crippen molar-refractivity contribution < 1.29 is 35.8 Å². The zero-order valence-electron chi connectivity index (χ0n) is 17.6. The number of benzene rings is 2. The highest BCUT2D eigenvalue weighted by molar-refractivity contribution is 5.96. The van der Waals surface area contributed by atoms with Crippen LogP contribution < -0.4 is 10.1 Å². The van der Waals surface area contributed by atoms with E-state index >= 15 is 0 Å². The second-order valence-corrected chi connectivity index (χ2v) is 7.09. The molecule has 33 heavy (non-hydrogen) atoms. The van der Waals surface area contributed by atoms with Crippen LogP contribution in [0.2, 0.25) is 0 Å². The number of ether oxygens (including phenoxy) is 2. The van der Waals surface area contributed by atoms with Crippen LogP contribution >= 0.6 is 0 Å². The van der Waals surface area contributed by atoms with E-state index in [2.05, 4.69) is 16.9 Å². The summed E-state index contributed by atoms with van der Waals surface area (Å²) in [6.07, 6.45) is -3.03. The number of hydrogen-bond donors (Lipinski definition) is 1. The van der Waals surface area contributed by atoms with Crippen LogP contribution in [0.25, 0.3) is 0 Å². The molecule has 0 spiro atoms. The molecule has 0 aromatic heterocycles. The van der Waals surface area contributed by atoms with Gasteiger partial charge in [0, 0.05) is 11.8 Å². The molecule has 0 atom stereocenters. The van der Waals surface area contributed by atoms with Crippen molar-refractivity contribution in [3.8, 4) is 5.75 Å². The van der Waals surface area contributed by atoms with Crippen LogP contribution in [-0.2, 0) is 11.3 Å². The van der Waals surface area contributed by atoms with E-state index in [1.54, 1.807) is 13.0 Å². The number of guanidine groups is 1. The van der Waals surface area contributed by atoms with Crippen molar-refractivity contribution in [3.05, 3.63) is 83.1 Å². The summed E-state index contributed by atoms with van der Waals surface area (Å²) in [5.41, 5.74) is 1.36. The third-order valence-electron chi connectivity index (χ3n) is 4.54. The zero-order chi connectivity index (χ0) is 24.3. The average molecular weight is 471 g/mol. The lowest BCUT2D eigenvalue weighted by Gasteiger charge is -2.28. The van der Waals surface area contributed by atoms with Crippen molar-refractivity contribution in [2.45, 2.75) is 19.6 Å². The maximum absolute atomic E-state index is 13.7. The molecule has 0 aliphatic carbocycles. The Bertz CT molecular complexity index is 1100. The Morgan fingerprint density at radius 1 is 1.09 bits per heavy atom. The number of alkyl halides is 3. The molecule has 0 fully saturated rings. The molecule has 1 N–H and O–H groups in total. The van der Waals surface area contributed by atoms with Gasteiger partial charge >= 0.3 is 6.18 Å². The van der Waals surface area contributed by atoms with Gasteiger partial charge in [0.25, 0.3) is 0 Å². The predicted octanol–water partition coefficient (Wildman–Crippen LogP) is 5.64. The van der Waals surface area contributed by atoms with Crippen LogP contribution in [-0.4, -0.2) is 30.8 Å². The van der Waals surface area contributed by atoms with Gasteiger partial charge in [-0.1, -0.05) is 12.6 Å². The minimum absolute atomic E-state index is 0.0296. The van der Waals surface area contributed by atoms with Gasteiger partial charge in [0.15, 0.2) is 29.8 Å². The Balaban J connectivity index is 1.89. The van der Waals surface area contributed by atoms with Gasteiger partial charge in [0.05, 0.1) is 19.9 Å². The van der Waals surface area contributed by atoms with E-state index in [0.717, 1.165) is 12.1 Å². The molecule has 176 valence electrons. The summed E-state index contributed by atoms with van der Waals surface area (Å²) in [7, 11) is 1.38. The van der Waals surface area contributed by atoms with Crippen molar-refractivity contribution in [1.29, 1.82) is 0 Å². The zero-order valence-corrected chi connectivity index (χ0v) is 17.6. The first-order chi connectivity index (χ1) is 15.5. The molecule has 0 saturated heterocycles. The number of halogens is 6. The third-order valence-corrected chi connectivity index (χ3v) is 4.54. The fraction of sp³-hybridized carbons (Fsp3) is 0.227. The Hall–Kier alpha value is -3.63. The lowest BCUT2D eigenvalue weighted by molar-refractivity contribution is -0.153. The second-order valence-electron chi connectivity index (χ2n) is 7.09. The third kappa shape index (κ3) is 5.99. The number of hydrogen-bond acceptors (Lipinski definition) is 5. The largest absolute Gasteiger partial charge is 0.493 e. The highest BCUT2D eigenvalue weighted by Gasteiger charge is 2.28. The minimum atomic E-state index is -4.50. The van der Waals surface area contributed by atoms with E-state index in [1.165, 1.54) is 30.3 Å². The van der Waals surface area contributed by atoms with Crippen molar-refractivity contribution in [1.82, 2.24) is 4.90 Å². The van der Waals surface area contributed by atoms with Gasteiger partial charge in [0.1, 0.15) is 11.4 Å². The molecule has 1 aliphatic rings. The highest BCUT2D eigenvalue weighted by atomic mass is 19.4. The van der Waals surface area contributed by atoms with E-state index in [4.69, 9.17) is 9.47 Å². The van der Waals surface area contributed by atoms with Crippen LogP contribution in [0.5, 0.6) is 5.75 Å². The Morgan fingerprint density at radius 3 is 2.36 bits per heavy atom. The van der Waals surface area contributed by atoms with Crippen molar-refractivity contribution in [2.24, 2.45) is 4.99 Å². The summed E-state index contributed by atoms with van der Waals surface area (Å²) in [4.78, 5) is 5.72. The smallest absolute Gasteiger partial charge is 0.422 e. The van der Waals surface area contributed by atoms with E-state index in [1.807, 2.05) is 0 Å². The molecule has 0 unspecified atom stereocenters. The fourth-order valence-corrected chi connectivity index (χ4v) is 2.92. The van der Waals surface area contributed by atoms with E-state index in [-0.39, 0.29) is 35.3 Å². The molecular formula is C22H19F6N3O2. The first-order valence-corrected chi connectivity index (χ1v) is 9.48. The first-order valence-electron chi connectivity index (χ1n) is 9.48. The van der Waals surface area contributed by atoms with Gasteiger partial charge in [0.2, 0.25) is 5.96 Å². The lowest BCUT2D eigenvalue weighted by atomic mass is 10.1. The summed E-state index contributed by atoms with van der Waals surface area (Å²) in [6.45, 7) is 3.88. The van der Waals surface area contributed by atoms with Gasteiger partial charge in [-0.2, -0.15) is 13.2 Å². The lowest BCUT2D eigenvalue weighted by Crippen LogP contribution is -2.35. The van der Waals surface area contributed by atoms with E-state index in [0.29, 0.717) is 11.3 Å². The number of rotatable bonds is 6. The van der Waals surface area contributed by atoms with Gasteiger partial charge in [-0.15, -0.1) is 0 Å². The number of aryl methyl sites for hydroxylation is 1. The van der Waals surface area contributed by atoms with Crippen LogP contribution in [0, 0.1) is 24.4 Å². The summed E-state index contributed by atoms with van der Waals surface area (Å²) in [6, 6.07) is 5.99. The Kier molecular flexibility index (Phi) is 6.89. The molecule has 2 aromatic carbocycles. The molecular weight excluding hydrogens is 452 g/mol. The normalized spacial score (nSPS) is 14.1. The van der Waals surface area contributed by atoms with Gasteiger partial charge in [-0.05, 0) is 36.2 Å². The maximum Gasteiger partial charge on any atom is 0.422 e. The number of nitrogens with zero attached hydrogens (tertiary/aromatic N) is 2. The number of methoxy groups -OCH3 is 1. The maximum atomic E-state index is 13.7. The van der Waals surface area contributed by atoms with Gasteiger partial charge in [-0.25, -0.2) is 18.2 Å². The standard InChI is InChI=1S/C22H19F6N3O2/c1-12-4-5-15(33-11-22(26,27)28)8-18(12)30-21-29-13(2)19(32-3)10-31(21)9-14-6-16(23)20(25)17(24)7-14/h4-8,10H,2,9,11H2,1,3H3,(H,29,30). The van der Waals surface area contributed by atoms with Gasteiger partial charge < -0.3 is 19.7 Å². The van der Waals surface area contributed by atoms with Crippen LogP contribution in [0.15, 0.2) is 59.6 Å². The molecule has 2 aromatic rings. The Morgan fingerprint density at radius 2 is 1.76 bits per heavy atom. The quantitative estimate of drug-likeness (QED) is 0.438. The molecule has 11 heteroatoms. The summed E-state index contributed by atoms with van der Waals surface area (Å²) >= 11 is 0.